The van der Waals surface area contributed by atoms with Gasteiger partial charge in [-0.2, -0.15) is 0 Å². The van der Waals surface area contributed by atoms with Gasteiger partial charge in [-0.05, 0) is 42.8 Å². The molecular weight excluding hydrogens is 368 g/mol. The third-order valence-electron chi connectivity index (χ3n) is 4.30. The van der Waals surface area contributed by atoms with Crippen molar-refractivity contribution in [2.24, 2.45) is 0 Å². The molecule has 1 saturated heterocycles. The Labute approximate surface area is 157 Å². The summed E-state index contributed by atoms with van der Waals surface area (Å²) < 4.78 is 28.0. The van der Waals surface area contributed by atoms with E-state index in [0.29, 0.717) is 29.0 Å². The van der Waals surface area contributed by atoms with Crippen LogP contribution in [0.25, 0.3) is 0 Å². The molecule has 0 aliphatic carbocycles. The Morgan fingerprint density at radius 1 is 1.04 bits per heavy atom. The molecule has 1 atom stereocenters. The third kappa shape index (κ3) is 4.85. The first-order valence-electron chi connectivity index (χ1n) is 8.43. The Bertz CT molecular complexity index is 954. The second-order valence-corrected chi connectivity index (χ2v) is 8.57. The molecule has 0 aromatic heterocycles. The summed E-state index contributed by atoms with van der Waals surface area (Å²) in [5, 5.41) is 5.48. The Hall–Kier alpha value is -2.87. The fourth-order valence-electron chi connectivity index (χ4n) is 2.85. The van der Waals surface area contributed by atoms with Crippen LogP contribution in [0.4, 0.5) is 5.69 Å². The molecule has 2 aromatic rings. The van der Waals surface area contributed by atoms with Crippen LogP contribution in [0.3, 0.4) is 0 Å². The van der Waals surface area contributed by atoms with Gasteiger partial charge in [-0.15, -0.1) is 0 Å². The van der Waals surface area contributed by atoms with Crippen LogP contribution in [0.15, 0.2) is 48.5 Å². The summed E-state index contributed by atoms with van der Waals surface area (Å²) in [7, 11) is -1.51. The second kappa shape index (κ2) is 7.79. The van der Waals surface area contributed by atoms with E-state index in [4.69, 9.17) is 4.74 Å². The molecule has 0 radical (unpaired) electrons. The standard InChI is InChI=1S/C19H20N2O5S/c1-26-17-4-2-3-15(11-17)20-18(22)13-5-7-14(8-6-13)19(23)21-16-9-10-27(24,25)12-16/h2-8,11,16H,9-10,12H2,1H3,(H,20,22)(H,21,23). The van der Waals surface area contributed by atoms with Gasteiger partial charge in [0.2, 0.25) is 0 Å². The number of carbonyl (C=O) groups excluding carboxylic acids is 2. The van der Waals surface area contributed by atoms with E-state index in [1.165, 1.54) is 0 Å². The fraction of sp³-hybridized carbons (Fsp3) is 0.263. The highest BCUT2D eigenvalue weighted by Gasteiger charge is 2.29. The average Bonchev–Trinajstić information content (AvgIpc) is 3.00. The van der Waals surface area contributed by atoms with Crippen molar-refractivity contribution in [3.63, 3.8) is 0 Å². The number of methoxy groups -OCH3 is 1. The SMILES string of the molecule is COc1cccc(NC(=O)c2ccc(C(=O)NC3CCS(=O)(=O)C3)cc2)c1. The van der Waals surface area contributed by atoms with E-state index in [0.717, 1.165) is 0 Å². The summed E-state index contributed by atoms with van der Waals surface area (Å²) >= 11 is 0. The van der Waals surface area contributed by atoms with Crippen molar-refractivity contribution in [3.8, 4) is 5.75 Å². The molecule has 27 heavy (non-hydrogen) atoms. The van der Waals surface area contributed by atoms with Gasteiger partial charge >= 0.3 is 0 Å². The molecule has 7 nitrogen and oxygen atoms in total. The third-order valence-corrected chi connectivity index (χ3v) is 6.07. The van der Waals surface area contributed by atoms with Crippen molar-refractivity contribution in [2.75, 3.05) is 23.9 Å². The minimum atomic E-state index is -3.05. The first-order valence-corrected chi connectivity index (χ1v) is 10.3. The van der Waals surface area contributed by atoms with Gasteiger partial charge in [0.1, 0.15) is 5.75 Å². The van der Waals surface area contributed by atoms with Gasteiger partial charge in [-0.1, -0.05) is 6.07 Å². The Morgan fingerprint density at radius 3 is 2.30 bits per heavy atom. The van der Waals surface area contributed by atoms with Gasteiger partial charge in [0.25, 0.3) is 11.8 Å². The molecule has 2 amide bonds. The van der Waals surface area contributed by atoms with E-state index in [1.807, 2.05) is 0 Å². The molecule has 0 saturated carbocycles. The highest BCUT2D eigenvalue weighted by molar-refractivity contribution is 7.91. The van der Waals surface area contributed by atoms with Gasteiger partial charge in [0, 0.05) is 28.9 Å². The monoisotopic (exact) mass is 388 g/mol. The molecule has 2 aromatic carbocycles. The number of sulfone groups is 1. The summed E-state index contributed by atoms with van der Waals surface area (Å²) in [5.41, 5.74) is 1.37. The zero-order valence-electron chi connectivity index (χ0n) is 14.8. The van der Waals surface area contributed by atoms with Crippen LogP contribution in [0.2, 0.25) is 0 Å². The molecule has 1 unspecified atom stereocenters. The van der Waals surface area contributed by atoms with Crippen LogP contribution in [-0.4, -0.2) is 44.9 Å². The van der Waals surface area contributed by atoms with Crippen molar-refractivity contribution < 1.29 is 22.7 Å². The Balaban J connectivity index is 1.62. The van der Waals surface area contributed by atoms with Gasteiger partial charge in [-0.3, -0.25) is 9.59 Å². The topological polar surface area (TPSA) is 102 Å². The van der Waals surface area contributed by atoms with Crippen molar-refractivity contribution in [2.45, 2.75) is 12.5 Å². The molecule has 0 spiro atoms. The second-order valence-electron chi connectivity index (χ2n) is 6.34. The van der Waals surface area contributed by atoms with Crippen LogP contribution in [-0.2, 0) is 9.84 Å². The highest BCUT2D eigenvalue weighted by Crippen LogP contribution is 2.18. The molecule has 3 rings (SSSR count). The molecule has 2 N–H and O–H groups in total. The van der Waals surface area contributed by atoms with E-state index in [2.05, 4.69) is 10.6 Å². The number of rotatable bonds is 5. The van der Waals surface area contributed by atoms with Gasteiger partial charge in [0.05, 0.1) is 18.6 Å². The quantitative estimate of drug-likeness (QED) is 0.814. The Kier molecular flexibility index (Phi) is 5.46. The number of hydrogen-bond donors (Lipinski definition) is 2. The minimum Gasteiger partial charge on any atom is -0.497 e. The van der Waals surface area contributed by atoms with E-state index in [1.54, 1.807) is 55.6 Å². The molecule has 1 aliphatic heterocycles. The smallest absolute Gasteiger partial charge is 0.255 e. The number of amides is 2. The lowest BCUT2D eigenvalue weighted by atomic mass is 10.1. The predicted octanol–water partition coefficient (Wildman–Crippen LogP) is 1.86. The zero-order valence-corrected chi connectivity index (χ0v) is 15.6. The summed E-state index contributed by atoms with van der Waals surface area (Å²) in [6.07, 6.45) is 0.426. The zero-order chi connectivity index (χ0) is 19.4. The summed E-state index contributed by atoms with van der Waals surface area (Å²) in [6, 6.07) is 12.8. The maximum atomic E-state index is 12.3. The van der Waals surface area contributed by atoms with Gasteiger partial charge in [-0.25, -0.2) is 8.42 Å². The summed E-state index contributed by atoms with van der Waals surface area (Å²) in [5.74, 6) is 0.0453. The highest BCUT2D eigenvalue weighted by atomic mass is 32.2. The maximum absolute atomic E-state index is 12.3. The normalized spacial score (nSPS) is 17.9. The van der Waals surface area contributed by atoms with E-state index in [9.17, 15) is 18.0 Å². The number of nitrogens with one attached hydrogen (secondary N) is 2. The Morgan fingerprint density at radius 2 is 1.70 bits per heavy atom. The molecular formula is C19H20N2O5S. The predicted molar refractivity (Wildman–Crippen MR) is 102 cm³/mol. The van der Waals surface area contributed by atoms with E-state index < -0.39 is 9.84 Å². The number of ether oxygens (including phenoxy) is 1. The first-order chi connectivity index (χ1) is 12.9. The average molecular weight is 388 g/mol. The van der Waals surface area contributed by atoms with Crippen LogP contribution < -0.4 is 15.4 Å². The molecule has 142 valence electrons. The van der Waals surface area contributed by atoms with Crippen molar-refractivity contribution in [1.29, 1.82) is 0 Å². The van der Waals surface area contributed by atoms with Crippen molar-refractivity contribution in [1.82, 2.24) is 5.32 Å². The lowest BCUT2D eigenvalue weighted by Crippen LogP contribution is -2.35. The summed E-state index contributed by atoms with van der Waals surface area (Å²) in [6.45, 7) is 0. The molecule has 1 fully saturated rings. The minimum absolute atomic E-state index is 0.0280. The summed E-state index contributed by atoms with van der Waals surface area (Å²) in [4.78, 5) is 24.6. The first kappa shape index (κ1) is 18.9. The fourth-order valence-corrected chi connectivity index (χ4v) is 4.53. The molecule has 1 heterocycles. The van der Waals surface area contributed by atoms with E-state index >= 15 is 0 Å². The number of hydrogen-bond acceptors (Lipinski definition) is 5. The lowest BCUT2D eigenvalue weighted by molar-refractivity contribution is 0.0939. The van der Waals surface area contributed by atoms with Crippen LogP contribution in [0.5, 0.6) is 5.75 Å². The van der Waals surface area contributed by atoms with Crippen LogP contribution >= 0.6 is 0 Å². The molecule has 1 aliphatic rings. The van der Waals surface area contributed by atoms with Gasteiger partial charge in [0.15, 0.2) is 9.84 Å². The van der Waals surface area contributed by atoms with E-state index in [-0.39, 0.29) is 29.4 Å². The van der Waals surface area contributed by atoms with Crippen molar-refractivity contribution in [3.05, 3.63) is 59.7 Å². The van der Waals surface area contributed by atoms with Crippen molar-refractivity contribution >= 4 is 27.3 Å². The van der Waals surface area contributed by atoms with Gasteiger partial charge < -0.3 is 15.4 Å². The largest absolute Gasteiger partial charge is 0.497 e. The number of anilines is 1. The molecule has 0 bridgehead atoms. The number of benzene rings is 2. The number of carbonyl (C=O) groups is 2. The maximum Gasteiger partial charge on any atom is 0.255 e. The van der Waals surface area contributed by atoms with Crippen LogP contribution in [0.1, 0.15) is 27.1 Å². The molecule has 8 heteroatoms. The lowest BCUT2D eigenvalue weighted by Gasteiger charge is -2.11. The van der Waals surface area contributed by atoms with Crippen LogP contribution in [0, 0.1) is 0 Å².